The van der Waals surface area contributed by atoms with Crippen molar-refractivity contribution in [2.24, 2.45) is 0 Å². The molecule has 0 radical (unpaired) electrons. The highest BCUT2D eigenvalue weighted by molar-refractivity contribution is 7.08. The first kappa shape index (κ1) is 8.79. The molecule has 3 heteroatoms. The molecule has 1 aromatic heterocycles. The van der Waals surface area contributed by atoms with Gasteiger partial charge in [-0.2, -0.15) is 16.6 Å². The Kier molecular flexibility index (Phi) is 2.21. The molecule has 2 N–H and O–H groups in total. The summed E-state index contributed by atoms with van der Waals surface area (Å²) in [5, 5.41) is 12.9. The zero-order valence-corrected chi connectivity index (χ0v) is 8.21. The molecular weight excluding hydrogens is 192 g/mol. The van der Waals surface area contributed by atoms with Gasteiger partial charge in [0.1, 0.15) is 6.07 Å². The molecule has 1 heterocycles. The minimum Gasteiger partial charge on any atom is -0.398 e. The van der Waals surface area contributed by atoms with Gasteiger partial charge in [-0.3, -0.25) is 0 Å². The number of nitrogens with two attached hydrogens (primary N) is 1. The zero-order valence-electron chi connectivity index (χ0n) is 7.40. The molecule has 0 aliphatic carbocycles. The van der Waals surface area contributed by atoms with Gasteiger partial charge in [-0.15, -0.1) is 0 Å². The minimum absolute atomic E-state index is 0.534. The van der Waals surface area contributed by atoms with Gasteiger partial charge in [0.15, 0.2) is 0 Å². The third-order valence-corrected chi connectivity index (χ3v) is 2.71. The van der Waals surface area contributed by atoms with Crippen molar-refractivity contribution in [2.45, 2.75) is 0 Å². The van der Waals surface area contributed by atoms with Gasteiger partial charge in [-0.25, -0.2) is 0 Å². The Hall–Kier alpha value is -1.79. The maximum Gasteiger partial charge on any atom is 0.101 e. The number of benzene rings is 1. The summed E-state index contributed by atoms with van der Waals surface area (Å²) in [6, 6.07) is 9.62. The van der Waals surface area contributed by atoms with Crippen molar-refractivity contribution in [1.82, 2.24) is 0 Å². The topological polar surface area (TPSA) is 49.8 Å². The second-order valence-corrected chi connectivity index (χ2v) is 3.71. The van der Waals surface area contributed by atoms with Crippen LogP contribution in [0, 0.1) is 11.3 Å². The number of nitrogens with zero attached hydrogens (tertiary/aromatic N) is 1. The lowest BCUT2D eigenvalue weighted by Crippen LogP contribution is -1.89. The van der Waals surface area contributed by atoms with Crippen LogP contribution in [0.4, 0.5) is 5.69 Å². The molecule has 0 unspecified atom stereocenters. The van der Waals surface area contributed by atoms with Crippen LogP contribution in [0.2, 0.25) is 0 Å². The van der Waals surface area contributed by atoms with E-state index in [0.29, 0.717) is 11.3 Å². The second-order valence-electron chi connectivity index (χ2n) is 2.93. The van der Waals surface area contributed by atoms with Crippen LogP contribution in [0.5, 0.6) is 0 Å². The molecule has 68 valence electrons. The molecule has 2 rings (SSSR count). The predicted octanol–water partition coefficient (Wildman–Crippen LogP) is 2.87. The fourth-order valence-corrected chi connectivity index (χ4v) is 1.93. The Bertz CT molecular complexity index is 480. The molecule has 0 saturated carbocycles. The monoisotopic (exact) mass is 200 g/mol. The van der Waals surface area contributed by atoms with Crippen molar-refractivity contribution in [1.29, 1.82) is 5.26 Å². The van der Waals surface area contributed by atoms with Crippen molar-refractivity contribution in [2.75, 3.05) is 5.73 Å². The van der Waals surface area contributed by atoms with Crippen LogP contribution in [-0.2, 0) is 0 Å². The van der Waals surface area contributed by atoms with Crippen LogP contribution in [0.15, 0.2) is 35.0 Å². The maximum atomic E-state index is 8.81. The SMILES string of the molecule is N#Cc1cc(-c2ccsc2)ccc1N. The molecule has 2 aromatic rings. The summed E-state index contributed by atoms with van der Waals surface area (Å²) in [7, 11) is 0. The molecule has 0 amide bonds. The summed E-state index contributed by atoms with van der Waals surface area (Å²) >= 11 is 1.64. The Labute approximate surface area is 86.2 Å². The number of nitrogen functional groups attached to an aromatic ring is 1. The van der Waals surface area contributed by atoms with Crippen LogP contribution < -0.4 is 5.73 Å². The Morgan fingerprint density at radius 3 is 2.71 bits per heavy atom. The van der Waals surface area contributed by atoms with E-state index in [1.165, 1.54) is 0 Å². The molecule has 0 aliphatic heterocycles. The summed E-state index contributed by atoms with van der Waals surface area (Å²) in [4.78, 5) is 0. The first-order valence-electron chi connectivity index (χ1n) is 4.13. The summed E-state index contributed by atoms with van der Waals surface area (Å²) in [6.45, 7) is 0. The molecule has 0 aliphatic rings. The molecule has 2 nitrogen and oxygen atoms in total. The van der Waals surface area contributed by atoms with E-state index in [9.17, 15) is 0 Å². The normalized spacial score (nSPS) is 9.64. The third-order valence-electron chi connectivity index (χ3n) is 2.03. The predicted molar refractivity (Wildman–Crippen MR) is 58.9 cm³/mol. The summed E-state index contributed by atoms with van der Waals surface area (Å²) < 4.78 is 0. The largest absolute Gasteiger partial charge is 0.398 e. The van der Waals surface area contributed by atoms with Crippen molar-refractivity contribution < 1.29 is 0 Å². The van der Waals surface area contributed by atoms with Crippen molar-refractivity contribution in [3.05, 3.63) is 40.6 Å². The Balaban J connectivity index is 2.53. The second kappa shape index (κ2) is 3.52. The number of nitriles is 1. The number of hydrogen-bond acceptors (Lipinski definition) is 3. The molecular formula is C11H8N2S. The first-order valence-corrected chi connectivity index (χ1v) is 5.08. The average molecular weight is 200 g/mol. The third kappa shape index (κ3) is 1.48. The number of rotatable bonds is 1. The van der Waals surface area contributed by atoms with Crippen LogP contribution in [0.1, 0.15) is 5.56 Å². The van der Waals surface area contributed by atoms with Crippen LogP contribution >= 0.6 is 11.3 Å². The van der Waals surface area contributed by atoms with E-state index in [0.717, 1.165) is 11.1 Å². The van der Waals surface area contributed by atoms with Gasteiger partial charge < -0.3 is 5.73 Å². The number of thiophene rings is 1. The van der Waals surface area contributed by atoms with Crippen molar-refractivity contribution in [3.63, 3.8) is 0 Å². The van der Waals surface area contributed by atoms with Gasteiger partial charge in [0.2, 0.25) is 0 Å². The highest BCUT2D eigenvalue weighted by atomic mass is 32.1. The lowest BCUT2D eigenvalue weighted by molar-refractivity contribution is 1.48. The van der Waals surface area contributed by atoms with Gasteiger partial charge in [-0.05, 0) is 40.1 Å². The standard InChI is InChI=1S/C11H8N2S/c12-6-10-5-8(1-2-11(10)13)9-3-4-14-7-9/h1-5,7H,13H2. The highest BCUT2D eigenvalue weighted by Crippen LogP contribution is 2.25. The van der Waals surface area contributed by atoms with E-state index in [1.807, 2.05) is 29.0 Å². The summed E-state index contributed by atoms with van der Waals surface area (Å²) in [5.41, 5.74) is 8.87. The first-order chi connectivity index (χ1) is 6.81. The molecule has 0 spiro atoms. The maximum absolute atomic E-state index is 8.81. The quantitative estimate of drug-likeness (QED) is 0.719. The lowest BCUT2D eigenvalue weighted by Gasteiger charge is -2.00. The van der Waals surface area contributed by atoms with Gasteiger partial charge >= 0.3 is 0 Å². The highest BCUT2D eigenvalue weighted by Gasteiger charge is 2.02. The van der Waals surface area contributed by atoms with Crippen molar-refractivity contribution >= 4 is 17.0 Å². The van der Waals surface area contributed by atoms with E-state index >= 15 is 0 Å². The van der Waals surface area contributed by atoms with E-state index in [-0.39, 0.29) is 0 Å². The zero-order chi connectivity index (χ0) is 9.97. The molecule has 14 heavy (non-hydrogen) atoms. The molecule has 0 atom stereocenters. The lowest BCUT2D eigenvalue weighted by atomic mass is 10.1. The molecule has 1 aromatic carbocycles. The minimum atomic E-state index is 0.534. The van der Waals surface area contributed by atoms with E-state index in [4.69, 9.17) is 11.0 Å². The fraction of sp³-hybridized carbons (Fsp3) is 0. The van der Waals surface area contributed by atoms with Gasteiger partial charge in [0.25, 0.3) is 0 Å². The molecule has 0 bridgehead atoms. The smallest absolute Gasteiger partial charge is 0.101 e. The molecule has 0 saturated heterocycles. The van der Waals surface area contributed by atoms with E-state index in [2.05, 4.69) is 6.07 Å². The Morgan fingerprint density at radius 2 is 2.07 bits per heavy atom. The summed E-state index contributed by atoms with van der Waals surface area (Å²) in [5.74, 6) is 0. The van der Waals surface area contributed by atoms with Gasteiger partial charge in [0, 0.05) is 5.69 Å². The van der Waals surface area contributed by atoms with Crippen molar-refractivity contribution in [3.8, 4) is 17.2 Å². The van der Waals surface area contributed by atoms with Gasteiger partial charge in [-0.1, -0.05) is 6.07 Å². The van der Waals surface area contributed by atoms with E-state index in [1.54, 1.807) is 17.4 Å². The van der Waals surface area contributed by atoms with Crippen LogP contribution in [-0.4, -0.2) is 0 Å². The fourth-order valence-electron chi connectivity index (χ4n) is 1.26. The Morgan fingerprint density at radius 1 is 1.21 bits per heavy atom. The van der Waals surface area contributed by atoms with E-state index < -0.39 is 0 Å². The average Bonchev–Trinajstić information content (AvgIpc) is 2.71. The van der Waals surface area contributed by atoms with Gasteiger partial charge in [0.05, 0.1) is 5.56 Å². The summed E-state index contributed by atoms with van der Waals surface area (Å²) in [6.07, 6.45) is 0. The van der Waals surface area contributed by atoms with Crippen LogP contribution in [0.3, 0.4) is 0 Å². The van der Waals surface area contributed by atoms with Crippen LogP contribution in [0.25, 0.3) is 11.1 Å². The number of hydrogen-bond donors (Lipinski definition) is 1. The number of anilines is 1. The molecule has 0 fully saturated rings.